The Morgan fingerprint density at radius 3 is 2.58 bits per heavy atom. The van der Waals surface area contributed by atoms with Gasteiger partial charge in [-0.3, -0.25) is 9.69 Å². The third kappa shape index (κ3) is 4.72. The average Bonchev–Trinajstić information content (AvgIpc) is 3.50. The predicted molar refractivity (Wildman–Crippen MR) is 119 cm³/mol. The molecule has 1 aromatic heterocycles. The van der Waals surface area contributed by atoms with E-state index in [2.05, 4.69) is 43.3 Å². The largest absolute Gasteiger partial charge is 0.380 e. The molecular formula is C24H31N5O2. The summed E-state index contributed by atoms with van der Waals surface area (Å²) in [6.07, 6.45) is 8.91. The molecule has 3 aliphatic heterocycles. The van der Waals surface area contributed by atoms with Crippen molar-refractivity contribution in [3.63, 3.8) is 0 Å². The third-order valence-corrected chi connectivity index (χ3v) is 6.77. The Bertz CT molecular complexity index is 905. The molecule has 0 bridgehead atoms. The zero-order valence-electron chi connectivity index (χ0n) is 18.1. The van der Waals surface area contributed by atoms with E-state index in [4.69, 9.17) is 4.74 Å². The van der Waals surface area contributed by atoms with Gasteiger partial charge >= 0.3 is 0 Å². The van der Waals surface area contributed by atoms with Crippen molar-refractivity contribution in [3.05, 3.63) is 52.8 Å². The van der Waals surface area contributed by atoms with Crippen LogP contribution in [0.5, 0.6) is 0 Å². The van der Waals surface area contributed by atoms with Crippen LogP contribution in [0.2, 0.25) is 0 Å². The second-order valence-corrected chi connectivity index (χ2v) is 8.81. The van der Waals surface area contributed by atoms with E-state index in [-0.39, 0.29) is 5.91 Å². The molecule has 2 saturated heterocycles. The van der Waals surface area contributed by atoms with Crippen LogP contribution in [0.3, 0.4) is 0 Å². The summed E-state index contributed by atoms with van der Waals surface area (Å²) in [6.45, 7) is 6.45. The molecule has 1 atom stereocenters. The summed E-state index contributed by atoms with van der Waals surface area (Å²) in [5.74, 6) is 0.591. The topological polar surface area (TPSA) is 70.6 Å². The second-order valence-electron chi connectivity index (χ2n) is 8.81. The van der Waals surface area contributed by atoms with E-state index >= 15 is 0 Å². The van der Waals surface area contributed by atoms with Crippen molar-refractivity contribution in [2.75, 3.05) is 44.3 Å². The maximum absolute atomic E-state index is 12.6. The van der Waals surface area contributed by atoms with Gasteiger partial charge in [0.15, 0.2) is 0 Å². The molecule has 0 spiro atoms. The smallest absolute Gasteiger partial charge is 0.254 e. The van der Waals surface area contributed by atoms with Gasteiger partial charge in [0.1, 0.15) is 0 Å². The fourth-order valence-corrected chi connectivity index (χ4v) is 4.88. The minimum absolute atomic E-state index is 0.129. The van der Waals surface area contributed by atoms with Crippen LogP contribution in [0.15, 0.2) is 30.6 Å². The summed E-state index contributed by atoms with van der Waals surface area (Å²) in [5.41, 5.74) is 4.49. The molecule has 4 heterocycles. The molecule has 0 saturated carbocycles. The molecule has 1 unspecified atom stereocenters. The van der Waals surface area contributed by atoms with Crippen molar-refractivity contribution in [1.82, 2.24) is 20.2 Å². The summed E-state index contributed by atoms with van der Waals surface area (Å²) >= 11 is 0. The van der Waals surface area contributed by atoms with Crippen molar-refractivity contribution in [2.24, 2.45) is 0 Å². The maximum Gasteiger partial charge on any atom is 0.254 e. The predicted octanol–water partition coefficient (Wildman–Crippen LogP) is 2.20. The van der Waals surface area contributed by atoms with Gasteiger partial charge in [0.2, 0.25) is 5.95 Å². The number of hydrogen-bond acceptors (Lipinski definition) is 6. The Balaban J connectivity index is 1.17. The van der Waals surface area contributed by atoms with E-state index < -0.39 is 0 Å². The molecule has 7 heteroatoms. The summed E-state index contributed by atoms with van der Waals surface area (Å²) < 4.78 is 5.58. The van der Waals surface area contributed by atoms with E-state index in [1.54, 1.807) is 12.4 Å². The van der Waals surface area contributed by atoms with Crippen molar-refractivity contribution in [1.29, 1.82) is 0 Å². The number of hydrogen-bond donors (Lipinski definition) is 1. The molecule has 0 radical (unpaired) electrons. The highest BCUT2D eigenvalue weighted by atomic mass is 16.5. The van der Waals surface area contributed by atoms with E-state index in [0.29, 0.717) is 18.2 Å². The van der Waals surface area contributed by atoms with Gasteiger partial charge in [-0.2, -0.15) is 0 Å². The van der Waals surface area contributed by atoms with Crippen LogP contribution in [-0.2, 0) is 24.1 Å². The van der Waals surface area contributed by atoms with Crippen LogP contribution < -0.4 is 10.2 Å². The molecule has 7 nitrogen and oxygen atoms in total. The fraction of sp³-hybridized carbons (Fsp3) is 0.542. The minimum atomic E-state index is -0.129. The van der Waals surface area contributed by atoms with Gasteiger partial charge in [0.25, 0.3) is 5.91 Å². The number of benzene rings is 1. The van der Waals surface area contributed by atoms with Crippen molar-refractivity contribution in [3.8, 4) is 0 Å². The van der Waals surface area contributed by atoms with Gasteiger partial charge in [0.05, 0.1) is 12.2 Å². The first kappa shape index (κ1) is 20.4. The molecular weight excluding hydrogens is 390 g/mol. The second kappa shape index (κ2) is 9.32. The van der Waals surface area contributed by atoms with Gasteiger partial charge in [0, 0.05) is 57.8 Å². The number of anilines is 1. The number of nitrogens with zero attached hydrogens (tertiary/aromatic N) is 4. The fourth-order valence-electron chi connectivity index (χ4n) is 4.88. The van der Waals surface area contributed by atoms with E-state index in [1.165, 1.54) is 24.0 Å². The summed E-state index contributed by atoms with van der Waals surface area (Å²) in [6, 6.07) is 7.21. The third-order valence-electron chi connectivity index (χ3n) is 6.77. The lowest BCUT2D eigenvalue weighted by atomic mass is 10.00. The molecule has 0 aliphatic carbocycles. The number of fused-ring (bicyclic) bond motifs is 1. The summed E-state index contributed by atoms with van der Waals surface area (Å²) in [7, 11) is 0. The van der Waals surface area contributed by atoms with Crippen LogP contribution in [0.1, 0.15) is 46.3 Å². The highest BCUT2D eigenvalue weighted by Crippen LogP contribution is 2.22. The first-order valence-electron chi connectivity index (χ1n) is 11.5. The van der Waals surface area contributed by atoms with Gasteiger partial charge in [-0.1, -0.05) is 18.2 Å². The molecule has 164 valence electrons. The maximum atomic E-state index is 12.6. The SMILES string of the molecule is O=C(NCc1ccc2c(c1)CCN(C1CCOC1)CC2)c1cnc(N2CCCC2)nc1. The first-order chi connectivity index (χ1) is 15.3. The minimum Gasteiger partial charge on any atom is -0.380 e. The molecule has 1 aromatic carbocycles. The molecule has 3 aliphatic rings. The lowest BCUT2D eigenvalue weighted by Crippen LogP contribution is -2.37. The summed E-state index contributed by atoms with van der Waals surface area (Å²) in [5, 5.41) is 3.02. The lowest BCUT2D eigenvalue weighted by Gasteiger charge is -2.25. The molecule has 5 rings (SSSR count). The van der Waals surface area contributed by atoms with Crippen LogP contribution in [-0.4, -0.2) is 66.2 Å². The monoisotopic (exact) mass is 421 g/mol. The highest BCUT2D eigenvalue weighted by Gasteiger charge is 2.25. The molecule has 1 amide bonds. The normalized spacial score (nSPS) is 21.7. The Hall–Kier alpha value is -2.51. The highest BCUT2D eigenvalue weighted by molar-refractivity contribution is 5.93. The Labute approximate surface area is 183 Å². The molecule has 2 fully saturated rings. The molecule has 1 N–H and O–H groups in total. The number of carbonyl (C=O) groups excluding carboxylic acids is 1. The van der Waals surface area contributed by atoms with Crippen LogP contribution in [0.25, 0.3) is 0 Å². The quantitative estimate of drug-likeness (QED) is 0.798. The number of nitrogens with one attached hydrogen (secondary N) is 1. The van der Waals surface area contributed by atoms with Crippen molar-refractivity contribution >= 4 is 11.9 Å². The Morgan fingerprint density at radius 2 is 1.84 bits per heavy atom. The molecule has 31 heavy (non-hydrogen) atoms. The van der Waals surface area contributed by atoms with Gasteiger partial charge in [-0.05, 0) is 48.8 Å². The first-order valence-corrected chi connectivity index (χ1v) is 11.5. The van der Waals surface area contributed by atoms with Gasteiger partial charge < -0.3 is 15.0 Å². The number of rotatable bonds is 5. The van der Waals surface area contributed by atoms with Crippen molar-refractivity contribution in [2.45, 2.75) is 44.7 Å². The van der Waals surface area contributed by atoms with E-state index in [0.717, 1.165) is 70.2 Å². The molecule has 2 aromatic rings. The zero-order valence-corrected chi connectivity index (χ0v) is 18.1. The average molecular weight is 422 g/mol. The van der Waals surface area contributed by atoms with Crippen LogP contribution >= 0.6 is 0 Å². The lowest BCUT2D eigenvalue weighted by molar-refractivity contribution is 0.0950. The van der Waals surface area contributed by atoms with Crippen LogP contribution in [0, 0.1) is 0 Å². The number of ether oxygens (including phenoxy) is 1. The van der Waals surface area contributed by atoms with Crippen LogP contribution in [0.4, 0.5) is 5.95 Å². The zero-order chi connectivity index (χ0) is 21.0. The van der Waals surface area contributed by atoms with Crippen molar-refractivity contribution < 1.29 is 9.53 Å². The Morgan fingerprint density at radius 1 is 1.06 bits per heavy atom. The van der Waals surface area contributed by atoms with Gasteiger partial charge in [-0.15, -0.1) is 0 Å². The van der Waals surface area contributed by atoms with E-state index in [1.807, 2.05) is 0 Å². The van der Waals surface area contributed by atoms with Gasteiger partial charge in [-0.25, -0.2) is 9.97 Å². The standard InChI is InChI=1S/C24H31N5O2/c30-23(21-15-26-24(27-16-21)29-8-1-2-9-29)25-14-18-3-4-19-5-10-28(11-6-20(19)13-18)22-7-12-31-17-22/h3-4,13,15-16,22H,1-2,5-12,14,17H2,(H,25,30). The Kier molecular flexibility index (Phi) is 6.13. The number of amides is 1. The summed E-state index contributed by atoms with van der Waals surface area (Å²) in [4.78, 5) is 26.1. The number of aromatic nitrogens is 2. The van der Waals surface area contributed by atoms with E-state index in [9.17, 15) is 4.79 Å². The number of carbonyl (C=O) groups is 1.